The lowest BCUT2D eigenvalue weighted by Gasteiger charge is -2.42. The van der Waals surface area contributed by atoms with Gasteiger partial charge in [0.1, 0.15) is 4.92 Å². The number of carbonyl (C=O) groups excluding carboxylic acids is 1. The number of rotatable bonds is 4. The molecule has 0 spiro atoms. The van der Waals surface area contributed by atoms with E-state index in [2.05, 4.69) is 12.2 Å². The number of nitrogens with one attached hydrogen (secondary N) is 1. The molecule has 1 amide bonds. The Bertz CT molecular complexity index is 513. The van der Waals surface area contributed by atoms with Gasteiger partial charge in [-0.15, -0.1) is 0 Å². The molecule has 7 heteroatoms. The van der Waals surface area contributed by atoms with Crippen molar-refractivity contribution in [3.8, 4) is 0 Å². The van der Waals surface area contributed by atoms with Crippen LogP contribution in [0.25, 0.3) is 0 Å². The summed E-state index contributed by atoms with van der Waals surface area (Å²) in [4.78, 5) is 22.1. The molecule has 1 aromatic heterocycles. The van der Waals surface area contributed by atoms with Gasteiger partial charge in [-0.05, 0) is 24.8 Å². The molecule has 2 unspecified atom stereocenters. The van der Waals surface area contributed by atoms with Gasteiger partial charge in [-0.1, -0.05) is 19.8 Å². The van der Waals surface area contributed by atoms with Gasteiger partial charge < -0.3 is 15.5 Å². The number of nitrogens with two attached hydrogens (primary N) is 1. The third-order valence-corrected chi connectivity index (χ3v) is 4.18. The second-order valence-electron chi connectivity index (χ2n) is 5.36. The zero-order valence-electron chi connectivity index (χ0n) is 11.4. The molecule has 1 aromatic rings. The Hall–Kier alpha value is -1.89. The highest BCUT2D eigenvalue weighted by Crippen LogP contribution is 2.33. The first-order valence-electron chi connectivity index (χ1n) is 6.75. The molecule has 1 heterocycles. The number of hydrogen-bond donors (Lipinski definition) is 2. The van der Waals surface area contributed by atoms with E-state index < -0.39 is 22.3 Å². The Labute approximate surface area is 116 Å². The third-order valence-electron chi connectivity index (χ3n) is 4.18. The lowest BCUT2D eigenvalue weighted by atomic mass is 9.73. The summed E-state index contributed by atoms with van der Waals surface area (Å²) < 4.78 is 4.92. The lowest BCUT2D eigenvalue weighted by molar-refractivity contribution is -0.402. The van der Waals surface area contributed by atoms with E-state index in [4.69, 9.17) is 10.2 Å². The maximum atomic E-state index is 12.2. The average Bonchev–Trinajstić information content (AvgIpc) is 2.91. The first-order chi connectivity index (χ1) is 9.48. The molecule has 2 atom stereocenters. The Morgan fingerprint density at radius 2 is 2.35 bits per heavy atom. The highest BCUT2D eigenvalue weighted by Gasteiger charge is 2.39. The van der Waals surface area contributed by atoms with Gasteiger partial charge in [-0.25, -0.2) is 0 Å². The Balaban J connectivity index is 2.14. The zero-order valence-corrected chi connectivity index (χ0v) is 11.4. The molecule has 1 aliphatic carbocycles. The monoisotopic (exact) mass is 281 g/mol. The molecule has 0 aromatic carbocycles. The Morgan fingerprint density at radius 1 is 1.60 bits per heavy atom. The Kier molecular flexibility index (Phi) is 4.08. The minimum Gasteiger partial charge on any atom is -0.395 e. The van der Waals surface area contributed by atoms with Gasteiger partial charge in [0.15, 0.2) is 5.76 Å². The van der Waals surface area contributed by atoms with Crippen LogP contribution in [-0.4, -0.2) is 22.9 Å². The maximum Gasteiger partial charge on any atom is 0.433 e. The molecule has 0 bridgehead atoms. The predicted octanol–water partition coefficient (Wildman–Crippen LogP) is 1.83. The van der Waals surface area contributed by atoms with Crippen molar-refractivity contribution in [1.29, 1.82) is 0 Å². The normalized spacial score (nSPS) is 26.2. The predicted molar refractivity (Wildman–Crippen MR) is 72.2 cm³/mol. The van der Waals surface area contributed by atoms with Gasteiger partial charge in [0.05, 0.1) is 11.6 Å². The number of carbonyl (C=O) groups is 1. The summed E-state index contributed by atoms with van der Waals surface area (Å²) in [6.45, 7) is 2.42. The minimum absolute atomic E-state index is 0.0534. The Morgan fingerprint density at radius 3 is 2.90 bits per heavy atom. The lowest BCUT2D eigenvalue weighted by Crippen LogP contribution is -2.59. The van der Waals surface area contributed by atoms with Gasteiger partial charge in [-0.3, -0.25) is 14.9 Å². The standard InChI is InChI=1S/C13H19N3O4/c1-9-4-2-3-7-13(9,8-14)15-12(17)10-5-6-11(20-10)16(18)19/h5-6,9H,2-4,7-8,14H2,1H3,(H,15,17). The van der Waals surface area contributed by atoms with E-state index in [1.54, 1.807) is 0 Å². The van der Waals surface area contributed by atoms with E-state index in [0.717, 1.165) is 25.7 Å². The largest absolute Gasteiger partial charge is 0.433 e. The summed E-state index contributed by atoms with van der Waals surface area (Å²) in [5, 5.41) is 13.5. The van der Waals surface area contributed by atoms with Crippen molar-refractivity contribution >= 4 is 11.8 Å². The van der Waals surface area contributed by atoms with Crippen molar-refractivity contribution in [1.82, 2.24) is 5.32 Å². The summed E-state index contributed by atoms with van der Waals surface area (Å²) in [6, 6.07) is 2.49. The van der Waals surface area contributed by atoms with Gasteiger partial charge in [-0.2, -0.15) is 0 Å². The van der Waals surface area contributed by atoms with Crippen LogP contribution in [0.4, 0.5) is 5.88 Å². The molecule has 0 aliphatic heterocycles. The van der Waals surface area contributed by atoms with Crippen LogP contribution in [0.15, 0.2) is 16.5 Å². The minimum atomic E-state index is -0.668. The SMILES string of the molecule is CC1CCCCC1(CN)NC(=O)c1ccc([N+](=O)[O-])o1. The third kappa shape index (κ3) is 2.67. The molecule has 0 saturated heterocycles. The van der Waals surface area contributed by atoms with Crippen molar-refractivity contribution in [3.05, 3.63) is 28.0 Å². The van der Waals surface area contributed by atoms with Gasteiger partial charge in [0.2, 0.25) is 0 Å². The van der Waals surface area contributed by atoms with Crippen molar-refractivity contribution in [2.24, 2.45) is 11.7 Å². The van der Waals surface area contributed by atoms with Gasteiger partial charge >= 0.3 is 5.88 Å². The first kappa shape index (κ1) is 14.5. The second kappa shape index (κ2) is 5.62. The highest BCUT2D eigenvalue weighted by atomic mass is 16.6. The van der Waals surface area contributed by atoms with Crippen LogP contribution < -0.4 is 11.1 Å². The van der Waals surface area contributed by atoms with E-state index in [-0.39, 0.29) is 11.7 Å². The van der Waals surface area contributed by atoms with Crippen molar-refractivity contribution in [3.63, 3.8) is 0 Å². The van der Waals surface area contributed by atoms with Crippen LogP contribution in [0, 0.1) is 16.0 Å². The van der Waals surface area contributed by atoms with E-state index in [1.807, 2.05) is 0 Å². The van der Waals surface area contributed by atoms with Gasteiger partial charge in [0, 0.05) is 6.54 Å². The summed E-state index contributed by atoms with van der Waals surface area (Å²) in [5.41, 5.74) is 5.41. The topological polar surface area (TPSA) is 111 Å². The smallest absolute Gasteiger partial charge is 0.395 e. The summed E-state index contributed by atoms with van der Waals surface area (Å²) >= 11 is 0. The molecule has 7 nitrogen and oxygen atoms in total. The van der Waals surface area contributed by atoms with Crippen molar-refractivity contribution in [2.45, 2.75) is 38.1 Å². The van der Waals surface area contributed by atoms with Crippen LogP contribution in [0.1, 0.15) is 43.2 Å². The maximum absolute atomic E-state index is 12.2. The molecule has 2 rings (SSSR count). The van der Waals surface area contributed by atoms with Crippen LogP contribution >= 0.6 is 0 Å². The van der Waals surface area contributed by atoms with Crippen molar-refractivity contribution < 1.29 is 14.1 Å². The molecule has 20 heavy (non-hydrogen) atoms. The first-order valence-corrected chi connectivity index (χ1v) is 6.75. The van der Waals surface area contributed by atoms with E-state index in [9.17, 15) is 14.9 Å². The molecular formula is C13H19N3O4. The molecular weight excluding hydrogens is 262 g/mol. The average molecular weight is 281 g/mol. The van der Waals surface area contributed by atoms with E-state index in [0.29, 0.717) is 6.54 Å². The summed E-state index contributed by atoms with van der Waals surface area (Å²) in [6.07, 6.45) is 3.97. The molecule has 1 aliphatic rings. The van der Waals surface area contributed by atoms with Crippen LogP contribution in [0.5, 0.6) is 0 Å². The highest BCUT2D eigenvalue weighted by molar-refractivity contribution is 5.92. The van der Waals surface area contributed by atoms with Crippen LogP contribution in [0.3, 0.4) is 0 Å². The van der Waals surface area contributed by atoms with Gasteiger partial charge in [0.25, 0.3) is 5.91 Å². The number of nitro groups is 1. The number of hydrogen-bond acceptors (Lipinski definition) is 5. The second-order valence-corrected chi connectivity index (χ2v) is 5.36. The van der Waals surface area contributed by atoms with Crippen molar-refractivity contribution in [2.75, 3.05) is 6.54 Å². The quantitative estimate of drug-likeness (QED) is 0.646. The number of nitrogens with zero attached hydrogens (tertiary/aromatic N) is 1. The molecule has 0 radical (unpaired) electrons. The van der Waals surface area contributed by atoms with Crippen LogP contribution in [-0.2, 0) is 0 Å². The summed E-state index contributed by atoms with van der Waals surface area (Å²) in [7, 11) is 0. The molecule has 1 fully saturated rings. The molecule has 1 saturated carbocycles. The van der Waals surface area contributed by atoms with E-state index >= 15 is 0 Å². The van der Waals surface area contributed by atoms with Crippen LogP contribution in [0.2, 0.25) is 0 Å². The fraction of sp³-hybridized carbons (Fsp3) is 0.615. The number of furan rings is 1. The number of amides is 1. The zero-order chi connectivity index (χ0) is 14.8. The fourth-order valence-electron chi connectivity index (χ4n) is 2.79. The molecule has 3 N–H and O–H groups in total. The fourth-order valence-corrected chi connectivity index (χ4v) is 2.79. The summed E-state index contributed by atoms with van der Waals surface area (Å²) in [5.74, 6) is -0.664. The molecule has 110 valence electrons. The van der Waals surface area contributed by atoms with E-state index in [1.165, 1.54) is 12.1 Å².